The molecule has 2 atom stereocenters. The number of carbonyl (C=O) groups excluding carboxylic acids is 1. The fourth-order valence-corrected chi connectivity index (χ4v) is 2.81. The molecule has 2 aliphatic rings. The Labute approximate surface area is 91.8 Å². The van der Waals surface area contributed by atoms with Gasteiger partial charge in [0.2, 0.25) is 5.91 Å². The molecule has 15 heavy (non-hydrogen) atoms. The van der Waals surface area contributed by atoms with E-state index in [-0.39, 0.29) is 5.91 Å². The van der Waals surface area contributed by atoms with Crippen molar-refractivity contribution >= 4 is 5.91 Å². The molecule has 3 heteroatoms. The van der Waals surface area contributed by atoms with Crippen molar-refractivity contribution in [2.75, 3.05) is 6.54 Å². The van der Waals surface area contributed by atoms with Gasteiger partial charge in [-0.05, 0) is 37.5 Å². The monoisotopic (exact) mass is 210 g/mol. The Morgan fingerprint density at radius 2 is 2.00 bits per heavy atom. The summed E-state index contributed by atoms with van der Waals surface area (Å²) in [7, 11) is 0. The van der Waals surface area contributed by atoms with Crippen molar-refractivity contribution in [3.63, 3.8) is 0 Å². The van der Waals surface area contributed by atoms with Gasteiger partial charge in [-0.15, -0.1) is 0 Å². The largest absolute Gasteiger partial charge is 0.370 e. The van der Waals surface area contributed by atoms with Gasteiger partial charge in [-0.25, -0.2) is 0 Å². The van der Waals surface area contributed by atoms with Gasteiger partial charge < -0.3 is 11.1 Å². The van der Waals surface area contributed by atoms with Crippen LogP contribution in [0.2, 0.25) is 0 Å². The van der Waals surface area contributed by atoms with Crippen LogP contribution in [0.4, 0.5) is 0 Å². The molecular formula is C12H22N2O. The number of nitrogens with one attached hydrogen (secondary N) is 1. The van der Waals surface area contributed by atoms with Gasteiger partial charge in [0.1, 0.15) is 0 Å². The minimum atomic E-state index is -0.197. The topological polar surface area (TPSA) is 55.1 Å². The van der Waals surface area contributed by atoms with Gasteiger partial charge in [-0.3, -0.25) is 4.79 Å². The van der Waals surface area contributed by atoms with Crippen LogP contribution in [0, 0.1) is 11.8 Å². The minimum absolute atomic E-state index is 0.197. The maximum Gasteiger partial charge on any atom is 0.218 e. The fraction of sp³-hybridized carbons (Fsp3) is 0.917. The van der Waals surface area contributed by atoms with E-state index in [0.717, 1.165) is 18.4 Å². The number of nitrogens with two attached hydrogens (primary N) is 1. The zero-order chi connectivity index (χ0) is 10.7. The minimum Gasteiger partial charge on any atom is -0.370 e. The van der Waals surface area contributed by atoms with Gasteiger partial charge in [-0.2, -0.15) is 0 Å². The molecular weight excluding hydrogens is 188 g/mol. The molecule has 86 valence electrons. The molecule has 1 amide bonds. The molecule has 3 N–H and O–H groups in total. The summed E-state index contributed by atoms with van der Waals surface area (Å²) in [6.45, 7) is 0.761. The number of rotatable bonds is 5. The predicted molar refractivity (Wildman–Crippen MR) is 60.3 cm³/mol. The lowest BCUT2D eigenvalue weighted by molar-refractivity contribution is -0.117. The fourth-order valence-electron chi connectivity index (χ4n) is 2.81. The highest BCUT2D eigenvalue weighted by molar-refractivity contribution is 5.73. The maximum atomic E-state index is 10.6. The van der Waals surface area contributed by atoms with Crippen molar-refractivity contribution in [3.05, 3.63) is 0 Å². The van der Waals surface area contributed by atoms with Crippen molar-refractivity contribution < 1.29 is 4.79 Å². The van der Waals surface area contributed by atoms with Crippen LogP contribution in [0.1, 0.15) is 44.9 Å². The highest BCUT2D eigenvalue weighted by Crippen LogP contribution is 2.43. The number of hydrogen-bond acceptors (Lipinski definition) is 2. The summed E-state index contributed by atoms with van der Waals surface area (Å²) in [4.78, 5) is 10.6. The van der Waals surface area contributed by atoms with Crippen molar-refractivity contribution in [2.24, 2.45) is 17.6 Å². The summed E-state index contributed by atoms with van der Waals surface area (Å²) in [6, 6.07) is 0.642. The van der Waals surface area contributed by atoms with Crippen LogP contribution in [0.5, 0.6) is 0 Å². The van der Waals surface area contributed by atoms with Gasteiger partial charge in [0.25, 0.3) is 0 Å². The lowest BCUT2D eigenvalue weighted by atomic mass is 9.83. The Morgan fingerprint density at radius 3 is 2.67 bits per heavy atom. The van der Waals surface area contributed by atoms with E-state index >= 15 is 0 Å². The molecule has 3 nitrogen and oxygen atoms in total. The van der Waals surface area contributed by atoms with Gasteiger partial charge >= 0.3 is 0 Å². The summed E-state index contributed by atoms with van der Waals surface area (Å²) in [6.07, 6.45) is 8.78. The molecule has 2 saturated carbocycles. The maximum absolute atomic E-state index is 10.6. The molecule has 0 aromatic carbocycles. The second-order valence-electron chi connectivity index (χ2n) is 5.13. The Hall–Kier alpha value is -0.570. The van der Waals surface area contributed by atoms with Crippen LogP contribution in [0.15, 0.2) is 0 Å². The number of carbonyl (C=O) groups is 1. The summed E-state index contributed by atoms with van der Waals surface area (Å²) >= 11 is 0. The van der Waals surface area contributed by atoms with Crippen molar-refractivity contribution in [1.29, 1.82) is 0 Å². The lowest BCUT2D eigenvalue weighted by Crippen LogP contribution is -2.36. The van der Waals surface area contributed by atoms with E-state index in [1.807, 2.05) is 0 Å². The van der Waals surface area contributed by atoms with Crippen LogP contribution < -0.4 is 11.1 Å². The van der Waals surface area contributed by atoms with Crippen LogP contribution in [0.25, 0.3) is 0 Å². The van der Waals surface area contributed by atoms with Crippen LogP contribution in [-0.4, -0.2) is 18.5 Å². The molecule has 0 aliphatic heterocycles. The molecule has 2 fully saturated rings. The average Bonchev–Trinajstić information content (AvgIpc) is 3.01. The molecule has 2 rings (SSSR count). The number of amides is 1. The van der Waals surface area contributed by atoms with Gasteiger partial charge in [0.05, 0.1) is 0 Å². The van der Waals surface area contributed by atoms with Gasteiger partial charge in [0.15, 0.2) is 0 Å². The van der Waals surface area contributed by atoms with E-state index in [1.165, 1.54) is 38.5 Å². The summed E-state index contributed by atoms with van der Waals surface area (Å²) in [5.41, 5.74) is 5.11. The van der Waals surface area contributed by atoms with E-state index < -0.39 is 0 Å². The van der Waals surface area contributed by atoms with E-state index in [1.54, 1.807) is 0 Å². The lowest BCUT2D eigenvalue weighted by Gasteiger charge is -2.29. The number of primary amides is 1. The molecule has 0 heterocycles. The van der Waals surface area contributed by atoms with Crippen molar-refractivity contribution in [3.8, 4) is 0 Å². The first kappa shape index (κ1) is 10.9. The predicted octanol–water partition coefficient (Wildman–Crippen LogP) is 1.42. The molecule has 2 aliphatic carbocycles. The SMILES string of the molecule is NC(=O)CCNC1CCCC(C2CC2)C1. The second kappa shape index (κ2) is 4.97. The first-order valence-electron chi connectivity index (χ1n) is 6.27. The second-order valence-corrected chi connectivity index (χ2v) is 5.13. The molecule has 0 radical (unpaired) electrons. The third-order valence-corrected chi connectivity index (χ3v) is 3.81. The standard InChI is InChI=1S/C12H22N2O/c13-12(15)6-7-14-11-3-1-2-10(8-11)9-4-5-9/h9-11,14H,1-8H2,(H2,13,15). The smallest absolute Gasteiger partial charge is 0.218 e. The highest BCUT2D eigenvalue weighted by atomic mass is 16.1. The van der Waals surface area contributed by atoms with Gasteiger partial charge in [0, 0.05) is 19.0 Å². The Kier molecular flexibility index (Phi) is 3.62. The normalized spacial score (nSPS) is 31.5. The van der Waals surface area contributed by atoms with Crippen molar-refractivity contribution in [1.82, 2.24) is 5.32 Å². The Morgan fingerprint density at radius 1 is 1.20 bits per heavy atom. The van der Waals surface area contributed by atoms with Crippen LogP contribution >= 0.6 is 0 Å². The molecule has 0 spiro atoms. The Bertz CT molecular complexity index is 226. The molecule has 0 aromatic rings. The zero-order valence-corrected chi connectivity index (χ0v) is 9.37. The van der Waals surface area contributed by atoms with Gasteiger partial charge in [-0.1, -0.05) is 12.8 Å². The number of hydrogen-bond donors (Lipinski definition) is 2. The Balaban J connectivity index is 1.65. The van der Waals surface area contributed by atoms with E-state index in [2.05, 4.69) is 5.32 Å². The average molecular weight is 210 g/mol. The van der Waals surface area contributed by atoms with E-state index in [4.69, 9.17) is 5.73 Å². The summed E-state index contributed by atoms with van der Waals surface area (Å²) in [5, 5.41) is 3.46. The molecule has 0 bridgehead atoms. The molecule has 0 aromatic heterocycles. The van der Waals surface area contributed by atoms with Crippen LogP contribution in [0.3, 0.4) is 0 Å². The van der Waals surface area contributed by atoms with E-state index in [9.17, 15) is 4.79 Å². The van der Waals surface area contributed by atoms with E-state index in [0.29, 0.717) is 12.5 Å². The molecule has 2 unspecified atom stereocenters. The highest BCUT2D eigenvalue weighted by Gasteiger charge is 2.34. The summed E-state index contributed by atoms with van der Waals surface area (Å²) < 4.78 is 0. The van der Waals surface area contributed by atoms with Crippen molar-refractivity contribution in [2.45, 2.75) is 51.0 Å². The summed E-state index contributed by atoms with van der Waals surface area (Å²) in [5.74, 6) is 1.80. The first-order chi connectivity index (χ1) is 7.25. The first-order valence-corrected chi connectivity index (χ1v) is 6.27. The zero-order valence-electron chi connectivity index (χ0n) is 9.37. The third-order valence-electron chi connectivity index (χ3n) is 3.81. The molecule has 0 saturated heterocycles. The van der Waals surface area contributed by atoms with Crippen LogP contribution in [-0.2, 0) is 4.79 Å². The third kappa shape index (κ3) is 3.49. The quantitative estimate of drug-likeness (QED) is 0.721.